The zero-order valence-corrected chi connectivity index (χ0v) is 12.9. The molecule has 0 unspecified atom stereocenters. The molecule has 24 heavy (non-hydrogen) atoms. The largest absolute Gasteiger partial charge is 0.399 e. The number of nitrogen functional groups attached to an aromatic ring is 1. The van der Waals surface area contributed by atoms with E-state index in [1.165, 1.54) is 4.90 Å². The normalized spacial score (nSPS) is 19.0. The lowest BCUT2D eigenvalue weighted by atomic mass is 9.88. The number of fused-ring (bicyclic) bond motifs is 1. The molecule has 1 aliphatic heterocycles. The van der Waals surface area contributed by atoms with Crippen LogP contribution in [0.15, 0.2) is 48.5 Å². The van der Waals surface area contributed by atoms with Crippen LogP contribution in [0.25, 0.3) is 0 Å². The number of hydrogen-bond donors (Lipinski definition) is 2. The van der Waals surface area contributed by atoms with Crippen LogP contribution in [0.5, 0.6) is 0 Å². The number of benzene rings is 2. The third-order valence-corrected chi connectivity index (χ3v) is 4.14. The number of hydrogen-bond acceptors (Lipinski definition) is 4. The van der Waals surface area contributed by atoms with Crippen LogP contribution in [0, 0.1) is 12.3 Å². The molecule has 5 nitrogen and oxygen atoms in total. The van der Waals surface area contributed by atoms with Crippen molar-refractivity contribution >= 4 is 23.1 Å². The molecule has 0 aromatic heterocycles. The Bertz CT molecular complexity index is 852. The van der Waals surface area contributed by atoms with Crippen LogP contribution >= 0.6 is 0 Å². The van der Waals surface area contributed by atoms with Crippen LogP contribution in [0.3, 0.4) is 0 Å². The smallest absolute Gasteiger partial charge is 0.265 e. The molecule has 0 fully saturated rings. The van der Waals surface area contributed by atoms with Crippen molar-refractivity contribution in [3.05, 3.63) is 59.7 Å². The Morgan fingerprint density at radius 1 is 1.21 bits per heavy atom. The summed E-state index contributed by atoms with van der Waals surface area (Å²) < 4.78 is 0. The van der Waals surface area contributed by atoms with E-state index in [1.807, 2.05) is 0 Å². The Morgan fingerprint density at radius 3 is 2.54 bits per heavy atom. The number of carbonyl (C=O) groups is 2. The molecule has 3 N–H and O–H groups in total. The first-order chi connectivity index (χ1) is 11.5. The van der Waals surface area contributed by atoms with Gasteiger partial charge < -0.3 is 10.8 Å². The second-order valence-corrected chi connectivity index (χ2v) is 5.69. The molecule has 0 bridgehead atoms. The van der Waals surface area contributed by atoms with Crippen LogP contribution in [0.2, 0.25) is 0 Å². The summed E-state index contributed by atoms with van der Waals surface area (Å²) >= 11 is 0. The summed E-state index contributed by atoms with van der Waals surface area (Å²) in [5, 5.41) is 11.0. The molecule has 2 aromatic carbocycles. The first-order valence-electron chi connectivity index (χ1n) is 7.43. The topological polar surface area (TPSA) is 83.6 Å². The van der Waals surface area contributed by atoms with Gasteiger partial charge in [-0.1, -0.05) is 24.1 Å². The molecule has 0 aliphatic carbocycles. The number of rotatable bonds is 4. The first kappa shape index (κ1) is 15.8. The van der Waals surface area contributed by atoms with Crippen molar-refractivity contribution in [2.75, 3.05) is 17.2 Å². The van der Waals surface area contributed by atoms with Gasteiger partial charge in [0.15, 0.2) is 11.4 Å². The Balaban J connectivity index is 1.97. The lowest BCUT2D eigenvalue weighted by molar-refractivity contribution is -0.135. The van der Waals surface area contributed by atoms with Crippen molar-refractivity contribution in [2.24, 2.45) is 0 Å². The van der Waals surface area contributed by atoms with Crippen molar-refractivity contribution in [1.29, 1.82) is 0 Å². The lowest BCUT2D eigenvalue weighted by Gasteiger charge is -2.21. The van der Waals surface area contributed by atoms with E-state index in [9.17, 15) is 14.7 Å². The number of ketones is 1. The van der Waals surface area contributed by atoms with Gasteiger partial charge in [-0.2, -0.15) is 0 Å². The predicted molar refractivity (Wildman–Crippen MR) is 91.3 cm³/mol. The number of amides is 1. The SMILES string of the molecule is C#CCN1C(=O)[C@](O)(CC(=O)c2ccc(N)cc2)c2ccccc21. The average molecular weight is 320 g/mol. The van der Waals surface area contributed by atoms with Crippen molar-refractivity contribution < 1.29 is 14.7 Å². The van der Waals surface area contributed by atoms with E-state index in [2.05, 4.69) is 5.92 Å². The second-order valence-electron chi connectivity index (χ2n) is 5.69. The zero-order chi connectivity index (χ0) is 17.3. The molecule has 3 rings (SSSR count). The van der Waals surface area contributed by atoms with E-state index >= 15 is 0 Å². The fourth-order valence-corrected chi connectivity index (χ4v) is 2.93. The van der Waals surface area contributed by atoms with Crippen molar-refractivity contribution in [1.82, 2.24) is 0 Å². The van der Waals surface area contributed by atoms with Gasteiger partial charge in [0.25, 0.3) is 5.91 Å². The summed E-state index contributed by atoms with van der Waals surface area (Å²) in [6.07, 6.45) is 4.97. The molecule has 0 radical (unpaired) electrons. The maximum absolute atomic E-state index is 12.7. The minimum absolute atomic E-state index is 0.0359. The molecule has 1 heterocycles. The molecule has 0 saturated heterocycles. The molecular weight excluding hydrogens is 304 g/mol. The summed E-state index contributed by atoms with van der Waals surface area (Å²) in [6.45, 7) is 0.0359. The van der Waals surface area contributed by atoms with E-state index in [4.69, 9.17) is 12.2 Å². The molecule has 1 atom stereocenters. The number of aliphatic hydroxyl groups is 1. The maximum Gasteiger partial charge on any atom is 0.265 e. The van der Waals surface area contributed by atoms with Crippen LogP contribution in [-0.4, -0.2) is 23.3 Å². The van der Waals surface area contributed by atoms with E-state index in [-0.39, 0.29) is 18.7 Å². The quantitative estimate of drug-likeness (QED) is 0.510. The minimum atomic E-state index is -1.91. The Kier molecular flexibility index (Phi) is 3.84. The minimum Gasteiger partial charge on any atom is -0.399 e. The number of para-hydroxylation sites is 1. The highest BCUT2D eigenvalue weighted by Gasteiger charge is 2.50. The summed E-state index contributed by atoms with van der Waals surface area (Å²) in [7, 11) is 0. The molecule has 2 aromatic rings. The number of nitrogens with two attached hydrogens (primary N) is 1. The van der Waals surface area contributed by atoms with Crippen LogP contribution < -0.4 is 10.6 Å². The predicted octanol–water partition coefficient (Wildman–Crippen LogP) is 1.71. The fourth-order valence-electron chi connectivity index (χ4n) is 2.93. The van der Waals surface area contributed by atoms with E-state index < -0.39 is 11.5 Å². The van der Waals surface area contributed by atoms with Crippen LogP contribution in [0.1, 0.15) is 22.3 Å². The Labute approximate surface area is 139 Å². The molecule has 1 amide bonds. The van der Waals surface area contributed by atoms with Crippen molar-refractivity contribution in [2.45, 2.75) is 12.0 Å². The van der Waals surface area contributed by atoms with Gasteiger partial charge in [0.1, 0.15) is 0 Å². The lowest BCUT2D eigenvalue weighted by Crippen LogP contribution is -2.42. The standard InChI is InChI=1S/C19H16N2O3/c1-2-11-21-16-6-4-3-5-15(16)19(24,18(21)23)12-17(22)13-7-9-14(20)10-8-13/h1,3-10,24H,11-12,20H2/t19-/m0/s1. The number of terminal acetylenes is 1. The van der Waals surface area contributed by atoms with Gasteiger partial charge in [-0.25, -0.2) is 0 Å². The second kappa shape index (κ2) is 5.84. The molecule has 0 spiro atoms. The molecule has 120 valence electrons. The highest BCUT2D eigenvalue weighted by atomic mass is 16.3. The average Bonchev–Trinajstić information content (AvgIpc) is 2.78. The van der Waals surface area contributed by atoms with Gasteiger partial charge in [0, 0.05) is 16.8 Å². The monoisotopic (exact) mass is 320 g/mol. The Morgan fingerprint density at radius 2 is 1.88 bits per heavy atom. The van der Waals surface area contributed by atoms with E-state index in [0.717, 1.165) is 0 Å². The van der Waals surface area contributed by atoms with Crippen molar-refractivity contribution in [3.8, 4) is 12.3 Å². The fraction of sp³-hybridized carbons (Fsp3) is 0.158. The maximum atomic E-state index is 12.7. The third-order valence-electron chi connectivity index (χ3n) is 4.14. The van der Waals surface area contributed by atoms with Gasteiger partial charge in [-0.15, -0.1) is 6.42 Å². The van der Waals surface area contributed by atoms with E-state index in [0.29, 0.717) is 22.5 Å². The van der Waals surface area contributed by atoms with Gasteiger partial charge in [-0.3, -0.25) is 14.5 Å². The third kappa shape index (κ3) is 2.43. The molecule has 5 heteroatoms. The summed E-state index contributed by atoms with van der Waals surface area (Å²) in [6, 6.07) is 13.2. The van der Waals surface area contributed by atoms with Gasteiger partial charge in [0.05, 0.1) is 18.7 Å². The molecule has 0 saturated carbocycles. The number of carbonyl (C=O) groups excluding carboxylic acids is 2. The zero-order valence-electron chi connectivity index (χ0n) is 12.9. The van der Waals surface area contributed by atoms with Crippen molar-refractivity contribution in [3.63, 3.8) is 0 Å². The number of anilines is 2. The number of Topliss-reactive ketones (excluding diaryl/α,β-unsaturated/α-hetero) is 1. The first-order valence-corrected chi connectivity index (χ1v) is 7.43. The number of nitrogens with zero attached hydrogens (tertiary/aromatic N) is 1. The highest BCUT2D eigenvalue weighted by Crippen LogP contribution is 2.42. The van der Waals surface area contributed by atoms with Gasteiger partial charge in [-0.05, 0) is 30.3 Å². The van der Waals surface area contributed by atoms with Crippen LogP contribution in [-0.2, 0) is 10.4 Å². The highest BCUT2D eigenvalue weighted by molar-refractivity contribution is 6.11. The molecular formula is C19H16N2O3. The Hall–Kier alpha value is -3.10. The summed E-state index contributed by atoms with van der Waals surface area (Å²) in [5.41, 5.74) is 5.56. The van der Waals surface area contributed by atoms with Gasteiger partial charge >= 0.3 is 0 Å². The summed E-state index contributed by atoms with van der Waals surface area (Å²) in [5.74, 6) is 1.48. The molecule has 1 aliphatic rings. The summed E-state index contributed by atoms with van der Waals surface area (Å²) in [4.78, 5) is 26.6. The van der Waals surface area contributed by atoms with Crippen LogP contribution in [0.4, 0.5) is 11.4 Å². The van der Waals surface area contributed by atoms with Gasteiger partial charge in [0.2, 0.25) is 0 Å². The van der Waals surface area contributed by atoms with E-state index in [1.54, 1.807) is 48.5 Å².